The summed E-state index contributed by atoms with van der Waals surface area (Å²) in [7, 11) is 0. The molecule has 3 aromatic rings. The highest BCUT2D eigenvalue weighted by Crippen LogP contribution is 2.22. The van der Waals surface area contributed by atoms with Gasteiger partial charge in [-0.2, -0.15) is 0 Å². The van der Waals surface area contributed by atoms with Crippen molar-refractivity contribution in [1.29, 1.82) is 0 Å². The summed E-state index contributed by atoms with van der Waals surface area (Å²) in [5.74, 6) is -1.81. The Morgan fingerprint density at radius 1 is 1.12 bits per heavy atom. The van der Waals surface area contributed by atoms with Gasteiger partial charge in [-0.15, -0.1) is 11.3 Å². The first-order valence-electron chi connectivity index (χ1n) is 7.61. The summed E-state index contributed by atoms with van der Waals surface area (Å²) in [4.78, 5) is 53.9. The van der Waals surface area contributed by atoms with Gasteiger partial charge in [0, 0.05) is 17.6 Å². The number of hydrogen-bond acceptors (Lipinski definition) is 7. The van der Waals surface area contributed by atoms with Gasteiger partial charge in [0.2, 0.25) is 0 Å². The van der Waals surface area contributed by atoms with Crippen molar-refractivity contribution in [3.63, 3.8) is 0 Å². The van der Waals surface area contributed by atoms with Gasteiger partial charge in [0.05, 0.1) is 16.8 Å². The number of thiazole rings is 1. The molecule has 3 heterocycles. The minimum atomic E-state index is -0.757. The van der Waals surface area contributed by atoms with Crippen LogP contribution in [0.25, 0.3) is 4.96 Å². The number of aromatic nitrogens is 2. The number of hydrogen-bond donors (Lipinski definition) is 0. The van der Waals surface area contributed by atoms with Crippen LogP contribution >= 0.6 is 11.3 Å². The van der Waals surface area contributed by atoms with Crippen molar-refractivity contribution in [2.24, 2.45) is 0 Å². The van der Waals surface area contributed by atoms with Crippen LogP contribution in [-0.4, -0.2) is 38.6 Å². The highest BCUT2D eigenvalue weighted by Gasteiger charge is 2.36. The predicted molar refractivity (Wildman–Crippen MR) is 90.9 cm³/mol. The van der Waals surface area contributed by atoms with Crippen molar-refractivity contribution >= 4 is 34.1 Å². The third kappa shape index (κ3) is 2.68. The molecule has 1 aliphatic rings. The van der Waals surface area contributed by atoms with Crippen molar-refractivity contribution in [3.8, 4) is 0 Å². The van der Waals surface area contributed by atoms with Gasteiger partial charge < -0.3 is 4.74 Å². The van der Waals surface area contributed by atoms with Crippen molar-refractivity contribution in [2.45, 2.75) is 6.61 Å². The summed E-state index contributed by atoms with van der Waals surface area (Å²) in [6.45, 7) is -0.710. The van der Waals surface area contributed by atoms with Crippen LogP contribution < -0.4 is 5.56 Å². The van der Waals surface area contributed by atoms with E-state index in [1.807, 2.05) is 0 Å². The molecule has 0 bridgehead atoms. The van der Waals surface area contributed by atoms with Gasteiger partial charge in [-0.1, -0.05) is 12.1 Å². The Morgan fingerprint density at radius 3 is 2.50 bits per heavy atom. The van der Waals surface area contributed by atoms with Crippen LogP contribution in [0.4, 0.5) is 0 Å². The van der Waals surface area contributed by atoms with Crippen molar-refractivity contribution in [1.82, 2.24) is 14.3 Å². The van der Waals surface area contributed by atoms with Crippen LogP contribution in [0, 0.1) is 0 Å². The molecule has 0 saturated heterocycles. The molecule has 0 atom stereocenters. The zero-order chi connectivity index (χ0) is 18.3. The van der Waals surface area contributed by atoms with E-state index >= 15 is 0 Å². The summed E-state index contributed by atoms with van der Waals surface area (Å²) in [5, 5.41) is 1.72. The average Bonchev–Trinajstić information content (AvgIpc) is 3.20. The molecular formula is C17H11N3O5S. The van der Waals surface area contributed by atoms with E-state index in [-0.39, 0.29) is 23.3 Å². The number of amides is 2. The van der Waals surface area contributed by atoms with E-state index in [0.29, 0.717) is 10.7 Å². The quantitative estimate of drug-likeness (QED) is 0.504. The molecule has 1 aliphatic heterocycles. The van der Waals surface area contributed by atoms with E-state index in [4.69, 9.17) is 4.74 Å². The Morgan fingerprint density at radius 2 is 1.81 bits per heavy atom. The molecule has 0 unspecified atom stereocenters. The highest BCUT2D eigenvalue weighted by molar-refractivity contribution is 7.15. The standard InChI is InChI=1S/C17H11N3O5S/c21-13-7-10(18-17-19(13)5-6-26-17)9-25-14(22)8-20-15(23)11-3-1-2-4-12(11)16(20)24/h1-7H,8-9H2. The van der Waals surface area contributed by atoms with Gasteiger partial charge in [-0.3, -0.25) is 28.5 Å². The maximum atomic E-state index is 12.2. The first kappa shape index (κ1) is 16.2. The van der Waals surface area contributed by atoms with Crippen molar-refractivity contribution in [2.75, 3.05) is 6.54 Å². The fraction of sp³-hybridized carbons (Fsp3) is 0.118. The smallest absolute Gasteiger partial charge is 0.326 e. The molecule has 1 aromatic carbocycles. The van der Waals surface area contributed by atoms with Crippen LogP contribution in [0.15, 0.2) is 46.7 Å². The van der Waals surface area contributed by atoms with Gasteiger partial charge in [-0.25, -0.2) is 4.98 Å². The second-order valence-corrected chi connectivity index (χ2v) is 6.42. The average molecular weight is 369 g/mol. The fourth-order valence-corrected chi connectivity index (χ4v) is 3.41. The number of carbonyl (C=O) groups excluding carboxylic acids is 3. The number of nitrogens with zero attached hydrogens (tertiary/aromatic N) is 3. The Bertz CT molecular complexity index is 1080. The third-order valence-corrected chi connectivity index (χ3v) is 4.66. The van der Waals surface area contributed by atoms with Crippen LogP contribution in [-0.2, 0) is 16.1 Å². The molecule has 2 aromatic heterocycles. The lowest BCUT2D eigenvalue weighted by molar-refractivity contribution is -0.145. The van der Waals surface area contributed by atoms with Gasteiger partial charge >= 0.3 is 5.97 Å². The third-order valence-electron chi connectivity index (χ3n) is 3.90. The predicted octanol–water partition coefficient (Wildman–Crippen LogP) is 1.10. The summed E-state index contributed by atoms with van der Waals surface area (Å²) in [6, 6.07) is 7.64. The minimum Gasteiger partial charge on any atom is -0.458 e. The normalized spacial score (nSPS) is 13.3. The molecule has 2 amide bonds. The monoisotopic (exact) mass is 369 g/mol. The minimum absolute atomic E-state index is 0.217. The molecule has 4 rings (SSSR count). The number of fused-ring (bicyclic) bond motifs is 2. The lowest BCUT2D eigenvalue weighted by Gasteiger charge is -2.12. The highest BCUT2D eigenvalue weighted by atomic mass is 32.1. The first-order chi connectivity index (χ1) is 12.5. The molecular weight excluding hydrogens is 358 g/mol. The van der Waals surface area contributed by atoms with E-state index in [0.717, 1.165) is 4.90 Å². The first-order valence-corrected chi connectivity index (χ1v) is 8.49. The lowest BCUT2D eigenvalue weighted by atomic mass is 10.1. The Hall–Kier alpha value is -3.33. The van der Waals surface area contributed by atoms with Crippen LogP contribution in [0.1, 0.15) is 26.4 Å². The number of benzene rings is 1. The maximum Gasteiger partial charge on any atom is 0.326 e. The lowest BCUT2D eigenvalue weighted by Crippen LogP contribution is -2.35. The summed E-state index contributed by atoms with van der Waals surface area (Å²) >= 11 is 1.28. The van der Waals surface area contributed by atoms with Crippen molar-refractivity contribution < 1.29 is 19.1 Å². The van der Waals surface area contributed by atoms with Gasteiger partial charge in [-0.05, 0) is 12.1 Å². The fourth-order valence-electron chi connectivity index (χ4n) is 2.67. The van der Waals surface area contributed by atoms with Crippen LogP contribution in [0.3, 0.4) is 0 Å². The zero-order valence-electron chi connectivity index (χ0n) is 13.2. The molecule has 130 valence electrons. The van der Waals surface area contributed by atoms with Gasteiger partial charge in [0.25, 0.3) is 17.4 Å². The second kappa shape index (κ2) is 6.19. The molecule has 0 N–H and O–H groups in total. The molecule has 0 saturated carbocycles. The number of ether oxygens (including phenoxy) is 1. The zero-order valence-corrected chi connectivity index (χ0v) is 14.1. The number of carbonyl (C=O) groups is 3. The second-order valence-electron chi connectivity index (χ2n) is 5.54. The number of rotatable bonds is 4. The summed E-state index contributed by atoms with van der Waals surface area (Å²) < 4.78 is 6.46. The van der Waals surface area contributed by atoms with E-state index in [1.165, 1.54) is 33.9 Å². The van der Waals surface area contributed by atoms with Crippen LogP contribution in [0.2, 0.25) is 0 Å². The van der Waals surface area contributed by atoms with Gasteiger partial charge in [0.15, 0.2) is 4.96 Å². The summed E-state index contributed by atoms with van der Waals surface area (Å²) in [6.07, 6.45) is 1.60. The molecule has 0 radical (unpaired) electrons. The van der Waals surface area contributed by atoms with E-state index in [1.54, 1.807) is 23.7 Å². The molecule has 0 aliphatic carbocycles. The Labute approximate surface area is 150 Å². The summed E-state index contributed by atoms with van der Waals surface area (Å²) in [5.41, 5.74) is 0.557. The topological polar surface area (TPSA) is 98.0 Å². The number of esters is 1. The number of imide groups is 1. The van der Waals surface area contributed by atoms with Gasteiger partial charge in [0.1, 0.15) is 13.2 Å². The molecule has 9 heteroatoms. The molecule has 8 nitrogen and oxygen atoms in total. The maximum absolute atomic E-state index is 12.2. The van der Waals surface area contributed by atoms with Crippen molar-refractivity contribution in [3.05, 3.63) is 69.1 Å². The van der Waals surface area contributed by atoms with E-state index < -0.39 is 24.3 Å². The molecule has 26 heavy (non-hydrogen) atoms. The van der Waals surface area contributed by atoms with E-state index in [2.05, 4.69) is 4.98 Å². The molecule has 0 spiro atoms. The van der Waals surface area contributed by atoms with E-state index in [9.17, 15) is 19.2 Å². The SMILES string of the molecule is O=C(CN1C(=O)c2ccccc2C1=O)OCc1cc(=O)n2ccsc2n1. The van der Waals surface area contributed by atoms with Crippen LogP contribution in [0.5, 0.6) is 0 Å². The largest absolute Gasteiger partial charge is 0.458 e. The Kier molecular flexibility index (Phi) is 3.85. The molecule has 0 fully saturated rings. The Balaban J connectivity index is 1.44.